The van der Waals surface area contributed by atoms with Crippen LogP contribution in [0.3, 0.4) is 0 Å². The average molecular weight is 141 g/mol. The molecule has 0 saturated carbocycles. The molecule has 0 aromatic rings. The lowest BCUT2D eigenvalue weighted by molar-refractivity contribution is -0.139. The molecule has 0 N–H and O–H groups in total. The number of hydrogen-bond acceptors (Lipinski definition) is 2. The van der Waals surface area contributed by atoms with Crippen molar-refractivity contribution in [3.05, 3.63) is 19.1 Å². The van der Waals surface area contributed by atoms with Crippen LogP contribution in [-0.4, -0.2) is 13.1 Å². The molecule has 0 fully saturated rings. The lowest BCUT2D eigenvalue weighted by atomic mass is 10.3. The Hall–Kier alpha value is -0.790. The summed E-state index contributed by atoms with van der Waals surface area (Å²) < 4.78 is 4.42. The van der Waals surface area contributed by atoms with Crippen LogP contribution >= 0.6 is 0 Å². The molecule has 0 aliphatic rings. The maximum absolute atomic E-state index is 10.5. The molecule has 1 radical (unpaired) electrons. The third-order valence-electron chi connectivity index (χ3n) is 1.05. The monoisotopic (exact) mass is 141 g/mol. The summed E-state index contributed by atoms with van der Waals surface area (Å²) in [7, 11) is 1.39. The van der Waals surface area contributed by atoms with Gasteiger partial charge in [-0.1, -0.05) is 19.1 Å². The molecule has 2 nitrogen and oxygen atoms in total. The Morgan fingerprint density at radius 2 is 2.30 bits per heavy atom. The van der Waals surface area contributed by atoms with Crippen LogP contribution in [0.15, 0.2) is 12.2 Å². The van der Waals surface area contributed by atoms with Gasteiger partial charge in [0.1, 0.15) is 0 Å². The van der Waals surface area contributed by atoms with E-state index in [-0.39, 0.29) is 5.97 Å². The molecule has 57 valence electrons. The summed E-state index contributed by atoms with van der Waals surface area (Å²) in [5.74, 6) is -0.194. The topological polar surface area (TPSA) is 26.3 Å². The lowest BCUT2D eigenvalue weighted by Crippen LogP contribution is -1.96. The van der Waals surface area contributed by atoms with Gasteiger partial charge in [-0.05, 0) is 12.8 Å². The molecule has 0 spiro atoms. The van der Waals surface area contributed by atoms with E-state index in [2.05, 4.69) is 11.7 Å². The highest BCUT2D eigenvalue weighted by Crippen LogP contribution is 1.91. The van der Waals surface area contributed by atoms with E-state index in [4.69, 9.17) is 0 Å². The van der Waals surface area contributed by atoms with Crippen LogP contribution in [0.1, 0.15) is 19.3 Å². The predicted octanol–water partition coefficient (Wildman–Crippen LogP) is 1.72. The molecule has 0 unspecified atom stereocenters. The van der Waals surface area contributed by atoms with E-state index >= 15 is 0 Å². The lowest BCUT2D eigenvalue weighted by Gasteiger charge is -1.90. The van der Waals surface area contributed by atoms with E-state index in [0.29, 0.717) is 6.42 Å². The van der Waals surface area contributed by atoms with E-state index in [0.717, 1.165) is 12.8 Å². The Morgan fingerprint density at radius 3 is 2.80 bits per heavy atom. The number of unbranched alkanes of at least 4 members (excludes halogenated alkanes) is 1. The van der Waals surface area contributed by atoms with Crippen LogP contribution in [0.4, 0.5) is 0 Å². The molecule has 0 aromatic carbocycles. The van der Waals surface area contributed by atoms with Crippen molar-refractivity contribution in [2.24, 2.45) is 0 Å². The number of methoxy groups -OCH3 is 1. The summed E-state index contributed by atoms with van der Waals surface area (Å²) in [5.41, 5.74) is 0. The van der Waals surface area contributed by atoms with Crippen molar-refractivity contribution in [1.29, 1.82) is 0 Å². The maximum atomic E-state index is 10.5. The van der Waals surface area contributed by atoms with Crippen LogP contribution in [0.5, 0.6) is 0 Å². The fourth-order valence-electron chi connectivity index (χ4n) is 0.499. The quantitative estimate of drug-likeness (QED) is 0.440. The summed E-state index contributed by atoms with van der Waals surface area (Å²) >= 11 is 0. The van der Waals surface area contributed by atoms with Crippen molar-refractivity contribution in [2.45, 2.75) is 19.3 Å². The molecule has 0 heterocycles. The minimum absolute atomic E-state index is 0.194. The molecule has 0 atom stereocenters. The Kier molecular flexibility index (Phi) is 5.83. The molecule has 0 aliphatic carbocycles. The van der Waals surface area contributed by atoms with E-state index in [1.54, 1.807) is 6.08 Å². The second kappa shape index (κ2) is 6.33. The number of hydrogen-bond donors (Lipinski definition) is 0. The van der Waals surface area contributed by atoms with Gasteiger partial charge in [-0.2, -0.15) is 0 Å². The first-order valence-electron chi connectivity index (χ1n) is 3.32. The van der Waals surface area contributed by atoms with Gasteiger partial charge in [0.25, 0.3) is 0 Å². The van der Waals surface area contributed by atoms with Crippen molar-refractivity contribution >= 4 is 5.97 Å². The van der Waals surface area contributed by atoms with E-state index in [1.165, 1.54) is 7.11 Å². The number of ether oxygens (including phenoxy) is 1. The van der Waals surface area contributed by atoms with Crippen molar-refractivity contribution in [2.75, 3.05) is 7.11 Å². The van der Waals surface area contributed by atoms with Gasteiger partial charge in [0.15, 0.2) is 0 Å². The third-order valence-corrected chi connectivity index (χ3v) is 1.05. The van der Waals surface area contributed by atoms with Crippen LogP contribution < -0.4 is 0 Å². The van der Waals surface area contributed by atoms with Crippen molar-refractivity contribution < 1.29 is 9.53 Å². The smallest absolute Gasteiger partial charge is 0.309 e. The van der Waals surface area contributed by atoms with Gasteiger partial charge in [-0.15, -0.1) is 0 Å². The zero-order valence-corrected chi connectivity index (χ0v) is 6.30. The maximum Gasteiger partial charge on any atom is 0.309 e. The van der Waals surface area contributed by atoms with Gasteiger partial charge in [-0.3, -0.25) is 4.79 Å². The molecular formula is C8H13O2. The SMILES string of the molecule is [CH2]CCC=CCC(=O)OC. The summed E-state index contributed by atoms with van der Waals surface area (Å²) in [5, 5.41) is 0. The van der Waals surface area contributed by atoms with Gasteiger partial charge in [0, 0.05) is 0 Å². The highest BCUT2D eigenvalue weighted by molar-refractivity contribution is 5.70. The molecule has 0 saturated heterocycles. The Morgan fingerprint density at radius 1 is 1.60 bits per heavy atom. The fourth-order valence-corrected chi connectivity index (χ4v) is 0.499. The normalized spacial score (nSPS) is 10.2. The minimum Gasteiger partial charge on any atom is -0.469 e. The molecule has 0 bridgehead atoms. The Balaban J connectivity index is 3.25. The summed E-state index contributed by atoms with van der Waals surface area (Å²) in [6.07, 6.45) is 5.91. The van der Waals surface area contributed by atoms with Crippen LogP contribution in [0.25, 0.3) is 0 Å². The molecular weight excluding hydrogens is 128 g/mol. The molecule has 0 amide bonds. The van der Waals surface area contributed by atoms with Gasteiger partial charge in [0.2, 0.25) is 0 Å². The fraction of sp³-hybridized carbons (Fsp3) is 0.500. The number of rotatable bonds is 4. The third kappa shape index (κ3) is 5.35. The van der Waals surface area contributed by atoms with Gasteiger partial charge >= 0.3 is 5.97 Å². The Labute approximate surface area is 61.9 Å². The highest BCUT2D eigenvalue weighted by atomic mass is 16.5. The molecule has 10 heavy (non-hydrogen) atoms. The first-order valence-corrected chi connectivity index (χ1v) is 3.32. The van der Waals surface area contributed by atoms with Gasteiger partial charge in [-0.25, -0.2) is 0 Å². The van der Waals surface area contributed by atoms with Gasteiger partial charge < -0.3 is 4.74 Å². The van der Waals surface area contributed by atoms with Gasteiger partial charge in [0.05, 0.1) is 13.5 Å². The molecule has 0 rings (SSSR count). The zero-order valence-electron chi connectivity index (χ0n) is 6.30. The first-order chi connectivity index (χ1) is 4.81. The van der Waals surface area contributed by atoms with E-state index in [9.17, 15) is 4.79 Å². The number of allylic oxidation sites excluding steroid dienone is 1. The average Bonchev–Trinajstić information content (AvgIpc) is 1.98. The Bertz CT molecular complexity index is 116. The second-order valence-electron chi connectivity index (χ2n) is 1.89. The minimum atomic E-state index is -0.194. The summed E-state index contributed by atoms with van der Waals surface area (Å²) in [6, 6.07) is 0. The first kappa shape index (κ1) is 9.21. The number of esters is 1. The largest absolute Gasteiger partial charge is 0.469 e. The van der Waals surface area contributed by atoms with Crippen molar-refractivity contribution in [3.8, 4) is 0 Å². The summed E-state index contributed by atoms with van der Waals surface area (Å²) in [6.45, 7) is 3.66. The van der Waals surface area contributed by atoms with Crippen LogP contribution in [0.2, 0.25) is 0 Å². The molecule has 2 heteroatoms. The second-order valence-corrected chi connectivity index (χ2v) is 1.89. The molecule has 0 aliphatic heterocycles. The van der Waals surface area contributed by atoms with E-state index in [1.807, 2.05) is 6.08 Å². The van der Waals surface area contributed by atoms with Crippen molar-refractivity contribution in [3.63, 3.8) is 0 Å². The van der Waals surface area contributed by atoms with Crippen LogP contribution in [-0.2, 0) is 9.53 Å². The number of carbonyl (C=O) groups is 1. The number of carbonyl (C=O) groups excluding carboxylic acids is 1. The molecule has 0 aromatic heterocycles. The summed E-state index contributed by atoms with van der Waals surface area (Å²) in [4.78, 5) is 10.5. The highest BCUT2D eigenvalue weighted by Gasteiger charge is 1.92. The van der Waals surface area contributed by atoms with Crippen LogP contribution in [0, 0.1) is 6.92 Å². The van der Waals surface area contributed by atoms with E-state index < -0.39 is 0 Å². The zero-order chi connectivity index (χ0) is 7.82. The van der Waals surface area contributed by atoms with Crippen molar-refractivity contribution in [1.82, 2.24) is 0 Å². The predicted molar refractivity (Wildman–Crippen MR) is 40.4 cm³/mol. The standard InChI is InChI=1S/C8H13O2/c1-3-4-5-6-7-8(9)10-2/h5-6H,1,3-4,7H2,2H3.